The van der Waals surface area contributed by atoms with Gasteiger partial charge in [-0.1, -0.05) is 0 Å². The van der Waals surface area contributed by atoms with Crippen LogP contribution in [0.4, 0.5) is 5.69 Å². The third-order valence-corrected chi connectivity index (χ3v) is 3.31. The number of nitro groups is 1. The van der Waals surface area contributed by atoms with E-state index in [1.54, 1.807) is 6.07 Å². The maximum atomic E-state index is 11.1. The Bertz CT molecular complexity index is 603. The van der Waals surface area contributed by atoms with Gasteiger partial charge in [0.15, 0.2) is 4.90 Å². The van der Waals surface area contributed by atoms with Crippen molar-refractivity contribution in [2.75, 3.05) is 0 Å². The third kappa shape index (κ3) is 2.13. The summed E-state index contributed by atoms with van der Waals surface area (Å²) < 4.78 is 22.2. The second-order valence-electron chi connectivity index (χ2n) is 2.89. The maximum Gasteiger partial charge on any atom is 0.293 e. The first-order chi connectivity index (χ1) is 7.29. The molecule has 0 heterocycles. The van der Waals surface area contributed by atoms with Gasteiger partial charge < -0.3 is 0 Å². The fourth-order valence-corrected chi connectivity index (χ4v) is 2.28. The Morgan fingerprint density at radius 1 is 1.50 bits per heavy atom. The van der Waals surface area contributed by atoms with Crippen LogP contribution in [-0.2, 0) is 9.05 Å². The molecule has 6 nitrogen and oxygen atoms in total. The summed E-state index contributed by atoms with van der Waals surface area (Å²) in [7, 11) is 0.855. The Morgan fingerprint density at radius 2 is 2.06 bits per heavy atom. The molecule has 0 saturated heterocycles. The quantitative estimate of drug-likeness (QED) is 0.457. The van der Waals surface area contributed by atoms with Crippen LogP contribution in [0.1, 0.15) is 11.1 Å². The number of hydrogen-bond acceptors (Lipinski definition) is 5. The molecule has 0 radical (unpaired) electrons. The molecule has 0 amide bonds. The first kappa shape index (κ1) is 12.4. The standard InChI is InChI=1S/C8H5ClN2O4S/c1-5-6(4-10)2-3-7(16(9,14)15)8(5)11(12)13/h2-3H,1H3. The predicted octanol–water partition coefficient (Wildman–Crippen LogP) is 1.70. The van der Waals surface area contributed by atoms with Crippen LogP contribution in [0, 0.1) is 28.4 Å². The fourth-order valence-electron chi connectivity index (χ4n) is 1.22. The summed E-state index contributed by atoms with van der Waals surface area (Å²) in [6.07, 6.45) is 0. The van der Waals surface area contributed by atoms with Crippen molar-refractivity contribution in [3.8, 4) is 6.07 Å². The van der Waals surface area contributed by atoms with Gasteiger partial charge in [0.2, 0.25) is 0 Å². The van der Waals surface area contributed by atoms with Crippen molar-refractivity contribution in [3.63, 3.8) is 0 Å². The van der Waals surface area contributed by atoms with Crippen molar-refractivity contribution >= 4 is 25.4 Å². The molecular weight excluding hydrogens is 256 g/mol. The Balaban J connectivity index is 3.76. The van der Waals surface area contributed by atoms with E-state index in [0.29, 0.717) is 0 Å². The topological polar surface area (TPSA) is 101 Å². The summed E-state index contributed by atoms with van der Waals surface area (Å²) in [5.41, 5.74) is -0.640. The molecule has 0 saturated carbocycles. The average Bonchev–Trinajstić information content (AvgIpc) is 2.15. The summed E-state index contributed by atoms with van der Waals surface area (Å²) in [4.78, 5) is 9.26. The van der Waals surface area contributed by atoms with Crippen LogP contribution in [0.2, 0.25) is 0 Å². The van der Waals surface area contributed by atoms with Gasteiger partial charge in [0, 0.05) is 16.2 Å². The molecule has 0 N–H and O–H groups in total. The summed E-state index contributed by atoms with van der Waals surface area (Å²) >= 11 is 0. The molecule has 0 spiro atoms. The van der Waals surface area contributed by atoms with Gasteiger partial charge >= 0.3 is 0 Å². The minimum Gasteiger partial charge on any atom is -0.258 e. The van der Waals surface area contributed by atoms with Crippen molar-refractivity contribution < 1.29 is 13.3 Å². The SMILES string of the molecule is Cc1c(C#N)ccc(S(=O)(=O)Cl)c1[N+](=O)[O-]. The number of rotatable bonds is 2. The molecule has 0 bridgehead atoms. The molecule has 0 fully saturated rings. The molecular formula is C8H5ClN2O4S. The largest absolute Gasteiger partial charge is 0.293 e. The highest BCUT2D eigenvalue weighted by atomic mass is 35.7. The minimum atomic E-state index is -4.20. The van der Waals surface area contributed by atoms with Crippen molar-refractivity contribution in [1.82, 2.24) is 0 Å². The van der Waals surface area contributed by atoms with Crippen LogP contribution in [0.5, 0.6) is 0 Å². The zero-order chi connectivity index (χ0) is 12.5. The summed E-state index contributed by atoms with van der Waals surface area (Å²) in [6.45, 7) is 1.29. The molecule has 0 aliphatic rings. The van der Waals surface area contributed by atoms with E-state index in [2.05, 4.69) is 0 Å². The molecule has 8 heteroatoms. The highest BCUT2D eigenvalue weighted by Gasteiger charge is 2.27. The lowest BCUT2D eigenvalue weighted by Crippen LogP contribution is -2.02. The Kier molecular flexibility index (Phi) is 3.16. The number of halogens is 1. The lowest BCUT2D eigenvalue weighted by molar-refractivity contribution is -0.388. The molecule has 0 atom stereocenters. The van der Waals surface area contributed by atoms with Gasteiger partial charge in [-0.15, -0.1) is 0 Å². The van der Waals surface area contributed by atoms with E-state index < -0.39 is 24.6 Å². The van der Waals surface area contributed by atoms with E-state index in [-0.39, 0.29) is 11.1 Å². The molecule has 1 aromatic rings. The van der Waals surface area contributed by atoms with Crippen LogP contribution in [0.15, 0.2) is 17.0 Å². The van der Waals surface area contributed by atoms with Gasteiger partial charge in [-0.05, 0) is 19.1 Å². The molecule has 0 unspecified atom stereocenters. The highest BCUT2D eigenvalue weighted by Crippen LogP contribution is 2.31. The van der Waals surface area contributed by atoms with E-state index in [4.69, 9.17) is 15.9 Å². The van der Waals surface area contributed by atoms with Gasteiger partial charge in [-0.25, -0.2) is 8.42 Å². The minimum absolute atomic E-state index is 0.0192. The second kappa shape index (κ2) is 4.08. The Morgan fingerprint density at radius 3 is 2.44 bits per heavy atom. The van der Waals surface area contributed by atoms with E-state index in [0.717, 1.165) is 6.07 Å². The van der Waals surface area contributed by atoms with E-state index in [9.17, 15) is 18.5 Å². The molecule has 16 heavy (non-hydrogen) atoms. The summed E-state index contributed by atoms with van der Waals surface area (Å²) in [5, 5.41) is 19.4. The molecule has 1 rings (SSSR count). The molecule has 84 valence electrons. The summed E-state index contributed by atoms with van der Waals surface area (Å²) in [6, 6.07) is 3.86. The number of hydrogen-bond donors (Lipinski definition) is 0. The predicted molar refractivity (Wildman–Crippen MR) is 55.6 cm³/mol. The maximum absolute atomic E-state index is 11.1. The van der Waals surface area contributed by atoms with Crippen molar-refractivity contribution in [1.29, 1.82) is 5.26 Å². The third-order valence-electron chi connectivity index (χ3n) is 1.96. The zero-order valence-electron chi connectivity index (χ0n) is 7.97. The zero-order valence-corrected chi connectivity index (χ0v) is 9.54. The van der Waals surface area contributed by atoms with Crippen LogP contribution in [-0.4, -0.2) is 13.3 Å². The second-order valence-corrected chi connectivity index (χ2v) is 5.43. The lowest BCUT2D eigenvalue weighted by atomic mass is 10.1. The molecule has 1 aromatic carbocycles. The van der Waals surface area contributed by atoms with Crippen LogP contribution in [0.25, 0.3) is 0 Å². The van der Waals surface area contributed by atoms with Crippen LogP contribution in [0.3, 0.4) is 0 Å². The van der Waals surface area contributed by atoms with E-state index in [1.807, 2.05) is 0 Å². The first-order valence-electron chi connectivity index (χ1n) is 3.91. The number of benzene rings is 1. The van der Waals surface area contributed by atoms with Crippen molar-refractivity contribution in [2.24, 2.45) is 0 Å². The number of nitriles is 1. The molecule has 0 aliphatic heterocycles. The van der Waals surface area contributed by atoms with Gasteiger partial charge in [-0.3, -0.25) is 10.1 Å². The Hall–Kier alpha value is -1.65. The monoisotopic (exact) mass is 260 g/mol. The van der Waals surface area contributed by atoms with Crippen molar-refractivity contribution in [2.45, 2.75) is 11.8 Å². The van der Waals surface area contributed by atoms with Gasteiger partial charge in [0.05, 0.1) is 16.6 Å². The van der Waals surface area contributed by atoms with Gasteiger partial charge in [0.25, 0.3) is 14.7 Å². The molecule has 0 aromatic heterocycles. The van der Waals surface area contributed by atoms with Gasteiger partial charge in [-0.2, -0.15) is 5.26 Å². The van der Waals surface area contributed by atoms with E-state index >= 15 is 0 Å². The smallest absolute Gasteiger partial charge is 0.258 e. The number of nitrogens with zero attached hydrogens (tertiary/aromatic N) is 2. The summed E-state index contributed by atoms with van der Waals surface area (Å²) in [5.74, 6) is 0. The average molecular weight is 261 g/mol. The highest BCUT2D eigenvalue weighted by molar-refractivity contribution is 8.13. The fraction of sp³-hybridized carbons (Fsp3) is 0.125. The normalized spacial score (nSPS) is 10.8. The molecule has 0 aliphatic carbocycles. The van der Waals surface area contributed by atoms with Gasteiger partial charge in [0.1, 0.15) is 0 Å². The first-order valence-corrected chi connectivity index (χ1v) is 6.22. The van der Waals surface area contributed by atoms with Crippen molar-refractivity contribution in [3.05, 3.63) is 33.4 Å². The van der Waals surface area contributed by atoms with E-state index in [1.165, 1.54) is 13.0 Å². The number of nitro benzene ring substituents is 1. The van der Waals surface area contributed by atoms with Crippen LogP contribution >= 0.6 is 10.7 Å². The Labute approximate surface area is 95.6 Å². The van der Waals surface area contributed by atoms with Crippen LogP contribution < -0.4 is 0 Å². The lowest BCUT2D eigenvalue weighted by Gasteiger charge is -2.03.